The third-order valence-corrected chi connectivity index (χ3v) is 3.81. The van der Waals surface area contributed by atoms with Gasteiger partial charge in [0, 0.05) is 13.6 Å². The highest BCUT2D eigenvalue weighted by atomic mass is 16.5. The van der Waals surface area contributed by atoms with Crippen molar-refractivity contribution in [2.75, 3.05) is 18.6 Å². The number of carbonyl (C=O) groups excluding carboxylic acids is 2. The molecule has 0 aromatic heterocycles. The van der Waals surface area contributed by atoms with Gasteiger partial charge in [0.15, 0.2) is 6.61 Å². The number of benzene rings is 2. The van der Waals surface area contributed by atoms with Gasteiger partial charge in [-0.15, -0.1) is 0 Å². The molecule has 2 aromatic carbocycles. The molecule has 0 unspecified atom stereocenters. The molecule has 0 radical (unpaired) electrons. The SMILES string of the molecule is CN1C(=O)COc2ccc(CNC(=O)Cc3ccccc3)cc21. The summed E-state index contributed by atoms with van der Waals surface area (Å²) in [5.74, 6) is 0.573. The van der Waals surface area contributed by atoms with Gasteiger partial charge in [-0.05, 0) is 23.3 Å². The fourth-order valence-corrected chi connectivity index (χ4v) is 2.47. The minimum atomic E-state index is -0.0808. The number of hydrogen-bond donors (Lipinski definition) is 1. The van der Waals surface area contributed by atoms with Crippen LogP contribution in [0.25, 0.3) is 0 Å². The lowest BCUT2D eigenvalue weighted by atomic mass is 10.1. The van der Waals surface area contributed by atoms with Crippen molar-refractivity contribution in [2.45, 2.75) is 13.0 Å². The highest BCUT2D eigenvalue weighted by Gasteiger charge is 2.22. The predicted molar refractivity (Wildman–Crippen MR) is 87.3 cm³/mol. The molecule has 1 heterocycles. The minimum absolute atomic E-state index is 0.0328. The number of hydrogen-bond acceptors (Lipinski definition) is 3. The summed E-state index contributed by atoms with van der Waals surface area (Å²) in [7, 11) is 1.72. The second-order valence-electron chi connectivity index (χ2n) is 5.48. The Labute approximate surface area is 134 Å². The van der Waals surface area contributed by atoms with Crippen LogP contribution in [-0.2, 0) is 22.6 Å². The van der Waals surface area contributed by atoms with E-state index in [1.54, 1.807) is 11.9 Å². The molecule has 2 aromatic rings. The zero-order valence-electron chi connectivity index (χ0n) is 12.9. The molecule has 23 heavy (non-hydrogen) atoms. The van der Waals surface area contributed by atoms with Gasteiger partial charge in [0.05, 0.1) is 12.1 Å². The summed E-state index contributed by atoms with van der Waals surface area (Å²) in [6, 6.07) is 15.2. The Bertz CT molecular complexity index is 728. The number of amides is 2. The summed E-state index contributed by atoms with van der Waals surface area (Å²) < 4.78 is 5.39. The van der Waals surface area contributed by atoms with Crippen LogP contribution < -0.4 is 15.0 Å². The lowest BCUT2D eigenvalue weighted by Gasteiger charge is -2.26. The fraction of sp³-hybridized carbons (Fsp3) is 0.222. The van der Waals surface area contributed by atoms with E-state index in [1.807, 2.05) is 48.5 Å². The van der Waals surface area contributed by atoms with E-state index < -0.39 is 0 Å². The van der Waals surface area contributed by atoms with Gasteiger partial charge in [-0.1, -0.05) is 36.4 Å². The van der Waals surface area contributed by atoms with Crippen LogP contribution in [0.3, 0.4) is 0 Å². The van der Waals surface area contributed by atoms with Gasteiger partial charge in [-0.25, -0.2) is 0 Å². The molecule has 1 aliphatic heterocycles. The number of anilines is 1. The average Bonchev–Trinajstić information content (AvgIpc) is 2.57. The van der Waals surface area contributed by atoms with Crippen LogP contribution in [0.15, 0.2) is 48.5 Å². The molecule has 118 valence electrons. The Morgan fingerprint density at radius 3 is 2.74 bits per heavy atom. The Balaban J connectivity index is 1.63. The fourth-order valence-electron chi connectivity index (χ4n) is 2.47. The summed E-state index contributed by atoms with van der Waals surface area (Å²) in [5, 5.41) is 2.90. The number of ether oxygens (including phenoxy) is 1. The molecule has 2 amide bonds. The van der Waals surface area contributed by atoms with E-state index in [4.69, 9.17) is 4.74 Å². The zero-order valence-corrected chi connectivity index (χ0v) is 12.9. The van der Waals surface area contributed by atoms with Crippen molar-refractivity contribution in [2.24, 2.45) is 0 Å². The number of carbonyl (C=O) groups is 2. The molecule has 5 nitrogen and oxygen atoms in total. The molecule has 0 bridgehead atoms. The van der Waals surface area contributed by atoms with Crippen molar-refractivity contribution in [3.63, 3.8) is 0 Å². The van der Waals surface area contributed by atoms with Gasteiger partial charge in [0.1, 0.15) is 5.75 Å². The second-order valence-corrected chi connectivity index (χ2v) is 5.48. The molecular weight excluding hydrogens is 292 g/mol. The third kappa shape index (κ3) is 3.51. The summed E-state index contributed by atoms with van der Waals surface area (Å²) in [5.41, 5.74) is 2.64. The van der Waals surface area contributed by atoms with Crippen molar-refractivity contribution >= 4 is 17.5 Å². The molecule has 0 spiro atoms. The number of likely N-dealkylation sites (N-methyl/N-ethyl adjacent to an activating group) is 1. The van der Waals surface area contributed by atoms with Crippen molar-refractivity contribution < 1.29 is 14.3 Å². The van der Waals surface area contributed by atoms with E-state index in [9.17, 15) is 9.59 Å². The Morgan fingerprint density at radius 1 is 1.17 bits per heavy atom. The maximum atomic E-state index is 12.0. The third-order valence-electron chi connectivity index (χ3n) is 3.81. The number of fused-ring (bicyclic) bond motifs is 1. The molecule has 1 aliphatic rings. The lowest BCUT2D eigenvalue weighted by Crippen LogP contribution is -2.35. The Morgan fingerprint density at radius 2 is 1.96 bits per heavy atom. The summed E-state index contributed by atoms with van der Waals surface area (Å²) in [4.78, 5) is 25.2. The van der Waals surface area contributed by atoms with E-state index in [0.717, 1.165) is 16.8 Å². The van der Waals surface area contributed by atoms with Gasteiger partial charge in [-0.3, -0.25) is 9.59 Å². The maximum Gasteiger partial charge on any atom is 0.264 e. The van der Waals surface area contributed by atoms with Gasteiger partial charge in [0.2, 0.25) is 5.91 Å². The Hall–Kier alpha value is -2.82. The van der Waals surface area contributed by atoms with E-state index >= 15 is 0 Å². The minimum Gasteiger partial charge on any atom is -0.482 e. The van der Waals surface area contributed by atoms with E-state index in [-0.39, 0.29) is 18.4 Å². The summed E-state index contributed by atoms with van der Waals surface area (Å²) >= 11 is 0. The average molecular weight is 310 g/mol. The standard InChI is InChI=1S/C18H18N2O3/c1-20-15-9-14(7-8-16(15)23-12-18(20)22)11-19-17(21)10-13-5-3-2-4-6-13/h2-9H,10-12H2,1H3,(H,19,21). The second kappa shape index (κ2) is 6.52. The molecule has 0 aliphatic carbocycles. The number of nitrogens with zero attached hydrogens (tertiary/aromatic N) is 1. The topological polar surface area (TPSA) is 58.6 Å². The summed E-state index contributed by atoms with van der Waals surface area (Å²) in [6.45, 7) is 0.484. The van der Waals surface area contributed by atoms with Crippen molar-refractivity contribution in [3.8, 4) is 5.75 Å². The van der Waals surface area contributed by atoms with Gasteiger partial charge in [-0.2, -0.15) is 0 Å². The van der Waals surface area contributed by atoms with Gasteiger partial charge < -0.3 is 15.0 Å². The van der Waals surface area contributed by atoms with Gasteiger partial charge >= 0.3 is 0 Å². The first-order valence-electron chi connectivity index (χ1n) is 7.46. The van der Waals surface area contributed by atoms with Crippen LogP contribution in [0.4, 0.5) is 5.69 Å². The monoisotopic (exact) mass is 310 g/mol. The maximum absolute atomic E-state index is 12.0. The molecular formula is C18H18N2O3. The summed E-state index contributed by atoms with van der Waals surface area (Å²) in [6.07, 6.45) is 0.354. The molecule has 1 N–H and O–H groups in total. The number of rotatable bonds is 4. The number of nitrogens with one attached hydrogen (secondary N) is 1. The van der Waals surface area contributed by atoms with Crippen LogP contribution in [-0.4, -0.2) is 25.5 Å². The molecule has 0 saturated heterocycles. The predicted octanol–water partition coefficient (Wildman–Crippen LogP) is 1.90. The quantitative estimate of drug-likeness (QED) is 0.938. The lowest BCUT2D eigenvalue weighted by molar-refractivity contribution is -0.121. The van der Waals surface area contributed by atoms with Crippen LogP contribution in [0.1, 0.15) is 11.1 Å². The first-order valence-corrected chi connectivity index (χ1v) is 7.46. The smallest absolute Gasteiger partial charge is 0.264 e. The molecule has 0 saturated carbocycles. The van der Waals surface area contributed by atoms with Gasteiger partial charge in [0.25, 0.3) is 5.91 Å². The first-order chi connectivity index (χ1) is 11.1. The molecule has 3 rings (SSSR count). The van der Waals surface area contributed by atoms with Crippen LogP contribution >= 0.6 is 0 Å². The van der Waals surface area contributed by atoms with Crippen LogP contribution in [0, 0.1) is 0 Å². The largest absolute Gasteiger partial charge is 0.482 e. The normalized spacial score (nSPS) is 13.3. The highest BCUT2D eigenvalue weighted by molar-refractivity contribution is 5.97. The highest BCUT2D eigenvalue weighted by Crippen LogP contribution is 2.31. The molecule has 0 fully saturated rings. The van der Waals surface area contributed by atoms with E-state index in [1.165, 1.54) is 0 Å². The van der Waals surface area contributed by atoms with Crippen molar-refractivity contribution in [3.05, 3.63) is 59.7 Å². The zero-order chi connectivity index (χ0) is 16.2. The van der Waals surface area contributed by atoms with Crippen LogP contribution in [0.2, 0.25) is 0 Å². The molecule has 0 atom stereocenters. The van der Waals surface area contributed by atoms with E-state index in [0.29, 0.717) is 18.7 Å². The first kappa shape index (κ1) is 15.1. The van der Waals surface area contributed by atoms with Crippen LogP contribution in [0.5, 0.6) is 5.75 Å². The van der Waals surface area contributed by atoms with Crippen molar-refractivity contribution in [1.29, 1.82) is 0 Å². The Kier molecular flexibility index (Phi) is 4.28. The van der Waals surface area contributed by atoms with Crippen molar-refractivity contribution in [1.82, 2.24) is 5.32 Å². The molecule has 5 heteroatoms. The van der Waals surface area contributed by atoms with E-state index in [2.05, 4.69) is 5.32 Å².